The highest BCUT2D eigenvalue weighted by molar-refractivity contribution is 5.65. The lowest BCUT2D eigenvalue weighted by Gasteiger charge is -2.36. The van der Waals surface area contributed by atoms with Crippen LogP contribution in [0.15, 0.2) is 18.5 Å². The molecule has 2 atom stereocenters. The Bertz CT molecular complexity index is 352. The number of aromatic nitrogens is 2. The van der Waals surface area contributed by atoms with E-state index in [2.05, 4.69) is 10.4 Å². The number of nitrogens with one attached hydrogen (secondary N) is 1. The second-order valence-electron chi connectivity index (χ2n) is 4.12. The molecule has 6 nitrogen and oxygen atoms in total. The van der Waals surface area contributed by atoms with E-state index in [0.717, 1.165) is 0 Å². The van der Waals surface area contributed by atoms with E-state index in [1.807, 2.05) is 23.9 Å². The van der Waals surface area contributed by atoms with E-state index in [0.29, 0.717) is 19.6 Å². The first-order chi connectivity index (χ1) is 7.66. The summed E-state index contributed by atoms with van der Waals surface area (Å²) in [5, 5.41) is 16.5. The Balaban J connectivity index is 1.95. The smallest absolute Gasteiger partial charge is 0.407 e. The summed E-state index contributed by atoms with van der Waals surface area (Å²) in [4.78, 5) is 12.5. The summed E-state index contributed by atoms with van der Waals surface area (Å²) >= 11 is 0. The van der Waals surface area contributed by atoms with Gasteiger partial charge in [-0.15, -0.1) is 0 Å². The van der Waals surface area contributed by atoms with Crippen molar-refractivity contribution in [3.05, 3.63) is 18.5 Å². The molecule has 0 saturated carbocycles. The summed E-state index contributed by atoms with van der Waals surface area (Å²) in [5.41, 5.74) is 0. The number of amides is 1. The normalized spacial score (nSPS) is 25.7. The van der Waals surface area contributed by atoms with Crippen molar-refractivity contribution in [3.63, 3.8) is 0 Å². The molecule has 88 valence electrons. The topological polar surface area (TPSA) is 70.4 Å². The molecule has 16 heavy (non-hydrogen) atoms. The molecular weight excluding hydrogens is 208 g/mol. The molecule has 0 radical (unpaired) electrons. The van der Waals surface area contributed by atoms with E-state index in [1.165, 1.54) is 4.90 Å². The summed E-state index contributed by atoms with van der Waals surface area (Å²) in [6, 6.07) is 2.03. The molecular formula is C10H16N4O2. The molecule has 1 aromatic rings. The first kappa shape index (κ1) is 10.9. The lowest BCUT2D eigenvalue weighted by Crippen LogP contribution is -2.58. The van der Waals surface area contributed by atoms with Crippen LogP contribution in [0.1, 0.15) is 6.92 Å². The molecule has 0 bridgehead atoms. The minimum atomic E-state index is -0.848. The first-order valence-corrected chi connectivity index (χ1v) is 5.37. The van der Waals surface area contributed by atoms with Crippen LogP contribution in [-0.2, 0) is 6.54 Å². The van der Waals surface area contributed by atoms with Crippen LogP contribution in [0, 0.1) is 0 Å². The Labute approximate surface area is 93.9 Å². The third-order valence-corrected chi connectivity index (χ3v) is 2.86. The quantitative estimate of drug-likeness (QED) is 0.754. The predicted octanol–water partition coefficient (Wildman–Crippen LogP) is 0.223. The molecule has 1 fully saturated rings. The number of hydrogen-bond donors (Lipinski definition) is 2. The standard InChI is InChI=1S/C10H16N4O2/c1-8-5-11-9(7-14(8)10(15)16)6-13-4-2-3-12-13/h2-4,8-9,11H,5-7H2,1H3,(H,15,16)/t8-,9+/m1/s1. The minimum Gasteiger partial charge on any atom is -0.465 e. The molecule has 0 spiro atoms. The van der Waals surface area contributed by atoms with E-state index in [4.69, 9.17) is 5.11 Å². The molecule has 6 heteroatoms. The Hall–Kier alpha value is -1.56. The Morgan fingerprint density at radius 2 is 2.50 bits per heavy atom. The molecule has 2 N–H and O–H groups in total. The van der Waals surface area contributed by atoms with Crippen molar-refractivity contribution < 1.29 is 9.90 Å². The van der Waals surface area contributed by atoms with Gasteiger partial charge in [-0.3, -0.25) is 4.68 Å². The van der Waals surface area contributed by atoms with Crippen LogP contribution in [0.5, 0.6) is 0 Å². The van der Waals surface area contributed by atoms with Crippen molar-refractivity contribution in [2.45, 2.75) is 25.6 Å². The molecule has 0 aliphatic carbocycles. The van der Waals surface area contributed by atoms with Crippen LogP contribution in [-0.4, -0.2) is 51.1 Å². The zero-order valence-electron chi connectivity index (χ0n) is 9.21. The SMILES string of the molecule is C[C@@H]1CN[C@@H](Cn2cccn2)CN1C(=O)O. The monoisotopic (exact) mass is 224 g/mol. The third kappa shape index (κ3) is 2.33. The largest absolute Gasteiger partial charge is 0.465 e. The van der Waals surface area contributed by atoms with Gasteiger partial charge in [0.15, 0.2) is 0 Å². The average Bonchev–Trinajstić information content (AvgIpc) is 2.73. The lowest BCUT2D eigenvalue weighted by atomic mass is 10.1. The highest BCUT2D eigenvalue weighted by Crippen LogP contribution is 2.08. The van der Waals surface area contributed by atoms with Crippen LogP contribution in [0.4, 0.5) is 4.79 Å². The third-order valence-electron chi connectivity index (χ3n) is 2.86. The molecule has 2 rings (SSSR count). The second-order valence-corrected chi connectivity index (χ2v) is 4.12. The summed E-state index contributed by atoms with van der Waals surface area (Å²) in [5.74, 6) is 0. The van der Waals surface area contributed by atoms with Gasteiger partial charge < -0.3 is 15.3 Å². The van der Waals surface area contributed by atoms with Gasteiger partial charge in [0.05, 0.1) is 6.54 Å². The van der Waals surface area contributed by atoms with E-state index >= 15 is 0 Å². The summed E-state index contributed by atoms with van der Waals surface area (Å²) < 4.78 is 1.81. The van der Waals surface area contributed by atoms with Crippen molar-refractivity contribution in [2.75, 3.05) is 13.1 Å². The van der Waals surface area contributed by atoms with Gasteiger partial charge in [-0.25, -0.2) is 4.79 Å². The highest BCUT2D eigenvalue weighted by Gasteiger charge is 2.28. The molecule has 1 aliphatic rings. The highest BCUT2D eigenvalue weighted by atomic mass is 16.4. The maximum absolute atomic E-state index is 11.0. The van der Waals surface area contributed by atoms with Crippen LogP contribution < -0.4 is 5.32 Å². The van der Waals surface area contributed by atoms with Gasteiger partial charge in [-0.1, -0.05) is 0 Å². The van der Waals surface area contributed by atoms with Gasteiger partial charge in [0, 0.05) is 37.6 Å². The average molecular weight is 224 g/mol. The van der Waals surface area contributed by atoms with Crippen molar-refractivity contribution in [1.29, 1.82) is 0 Å². The maximum atomic E-state index is 11.0. The Morgan fingerprint density at radius 3 is 3.12 bits per heavy atom. The van der Waals surface area contributed by atoms with Gasteiger partial charge in [0.25, 0.3) is 0 Å². The Kier molecular flexibility index (Phi) is 3.09. The van der Waals surface area contributed by atoms with Gasteiger partial charge in [-0.2, -0.15) is 5.10 Å². The number of carboxylic acid groups (broad SMARTS) is 1. The lowest BCUT2D eigenvalue weighted by molar-refractivity contribution is 0.101. The Morgan fingerprint density at radius 1 is 1.69 bits per heavy atom. The molecule has 1 amide bonds. The van der Waals surface area contributed by atoms with E-state index in [-0.39, 0.29) is 12.1 Å². The molecule has 2 heterocycles. The van der Waals surface area contributed by atoms with Crippen molar-refractivity contribution in [2.24, 2.45) is 0 Å². The zero-order chi connectivity index (χ0) is 11.5. The fraction of sp³-hybridized carbons (Fsp3) is 0.600. The van der Waals surface area contributed by atoms with Gasteiger partial charge >= 0.3 is 6.09 Å². The molecule has 0 unspecified atom stereocenters. The molecule has 1 aliphatic heterocycles. The van der Waals surface area contributed by atoms with Gasteiger partial charge in [-0.05, 0) is 13.0 Å². The van der Waals surface area contributed by atoms with E-state index < -0.39 is 6.09 Å². The van der Waals surface area contributed by atoms with Gasteiger partial charge in [0.2, 0.25) is 0 Å². The first-order valence-electron chi connectivity index (χ1n) is 5.37. The summed E-state index contributed by atoms with van der Waals surface area (Å²) in [6.07, 6.45) is 2.75. The van der Waals surface area contributed by atoms with Crippen molar-refractivity contribution in [1.82, 2.24) is 20.0 Å². The number of nitrogens with zero attached hydrogens (tertiary/aromatic N) is 3. The van der Waals surface area contributed by atoms with Crippen LogP contribution in [0.2, 0.25) is 0 Å². The predicted molar refractivity (Wildman–Crippen MR) is 58.2 cm³/mol. The summed E-state index contributed by atoms with van der Waals surface area (Å²) in [7, 11) is 0. The number of hydrogen-bond acceptors (Lipinski definition) is 3. The zero-order valence-corrected chi connectivity index (χ0v) is 9.21. The van der Waals surface area contributed by atoms with E-state index in [9.17, 15) is 4.79 Å². The fourth-order valence-electron chi connectivity index (χ4n) is 1.95. The molecule has 1 saturated heterocycles. The number of piperazine rings is 1. The fourth-order valence-corrected chi connectivity index (χ4v) is 1.95. The minimum absolute atomic E-state index is 0.0337. The second kappa shape index (κ2) is 4.52. The molecule has 0 aromatic carbocycles. The van der Waals surface area contributed by atoms with Crippen molar-refractivity contribution >= 4 is 6.09 Å². The van der Waals surface area contributed by atoms with Crippen LogP contribution >= 0.6 is 0 Å². The van der Waals surface area contributed by atoms with Gasteiger partial charge in [0.1, 0.15) is 0 Å². The summed E-state index contributed by atoms with van der Waals surface area (Å²) in [6.45, 7) is 3.81. The molecule has 1 aromatic heterocycles. The van der Waals surface area contributed by atoms with Crippen molar-refractivity contribution in [3.8, 4) is 0 Å². The van der Waals surface area contributed by atoms with E-state index in [1.54, 1.807) is 6.20 Å². The number of carbonyl (C=O) groups is 1. The van der Waals surface area contributed by atoms with Crippen LogP contribution in [0.3, 0.4) is 0 Å². The number of rotatable bonds is 2. The van der Waals surface area contributed by atoms with Crippen LogP contribution in [0.25, 0.3) is 0 Å². The maximum Gasteiger partial charge on any atom is 0.407 e.